The summed E-state index contributed by atoms with van der Waals surface area (Å²) in [5.74, 6) is -3.47. The molecule has 3 atom stereocenters. The Morgan fingerprint density at radius 1 is 1.29 bits per heavy atom. The average molecular weight is 240 g/mol. The van der Waals surface area contributed by atoms with Crippen molar-refractivity contribution in [2.45, 2.75) is 25.3 Å². The summed E-state index contributed by atoms with van der Waals surface area (Å²) < 4.78 is 0. The molecular formula is C10H12N2O5. The molecule has 0 spiro atoms. The van der Waals surface area contributed by atoms with E-state index in [1.54, 1.807) is 0 Å². The van der Waals surface area contributed by atoms with Gasteiger partial charge in [-0.1, -0.05) is 0 Å². The molecule has 3 N–H and O–H groups in total. The normalized spacial score (nSPS) is 31.6. The molecule has 7 heteroatoms. The number of hydrogen-bond donors (Lipinski definition) is 3. The second kappa shape index (κ2) is 4.15. The quantitative estimate of drug-likeness (QED) is 0.527. The minimum atomic E-state index is -0.992. The number of hydrogen-bond acceptors (Lipinski definition) is 4. The number of carbonyl (C=O) groups is 4. The Labute approximate surface area is 96.6 Å². The molecule has 0 radical (unpaired) electrons. The van der Waals surface area contributed by atoms with E-state index in [4.69, 9.17) is 5.11 Å². The first kappa shape index (κ1) is 11.6. The number of carbonyl (C=O) groups excluding carboxylic acids is 3. The van der Waals surface area contributed by atoms with Gasteiger partial charge in [0.2, 0.25) is 17.7 Å². The Morgan fingerprint density at radius 3 is 2.53 bits per heavy atom. The molecule has 1 aliphatic heterocycles. The fourth-order valence-electron chi connectivity index (χ4n) is 1.87. The zero-order chi connectivity index (χ0) is 12.6. The highest BCUT2D eigenvalue weighted by atomic mass is 16.4. The number of imide groups is 1. The predicted molar refractivity (Wildman–Crippen MR) is 53.5 cm³/mol. The van der Waals surface area contributed by atoms with Crippen molar-refractivity contribution < 1.29 is 24.3 Å². The fourth-order valence-corrected chi connectivity index (χ4v) is 1.87. The zero-order valence-corrected chi connectivity index (χ0v) is 8.93. The lowest BCUT2D eigenvalue weighted by atomic mass is 10.1. The highest BCUT2D eigenvalue weighted by Gasteiger charge is 2.49. The van der Waals surface area contributed by atoms with E-state index in [0.717, 1.165) is 0 Å². The van der Waals surface area contributed by atoms with Crippen LogP contribution in [0.3, 0.4) is 0 Å². The number of nitrogens with one attached hydrogen (secondary N) is 2. The van der Waals surface area contributed by atoms with Crippen LogP contribution in [0.25, 0.3) is 0 Å². The van der Waals surface area contributed by atoms with Crippen LogP contribution in [0.5, 0.6) is 0 Å². The van der Waals surface area contributed by atoms with Crippen LogP contribution in [0.2, 0.25) is 0 Å². The minimum absolute atomic E-state index is 0.184. The van der Waals surface area contributed by atoms with Crippen LogP contribution in [0.15, 0.2) is 0 Å². The van der Waals surface area contributed by atoms with Crippen LogP contribution >= 0.6 is 0 Å². The van der Waals surface area contributed by atoms with E-state index in [9.17, 15) is 19.2 Å². The smallest absolute Gasteiger partial charge is 0.307 e. The summed E-state index contributed by atoms with van der Waals surface area (Å²) in [6.07, 6.45) is 0.763. The number of aliphatic carboxylic acids is 1. The number of rotatable bonds is 3. The maximum atomic E-state index is 11.6. The van der Waals surface area contributed by atoms with Gasteiger partial charge in [0, 0.05) is 6.42 Å². The second-order valence-electron chi connectivity index (χ2n) is 4.30. The third kappa shape index (κ3) is 2.43. The second-order valence-corrected chi connectivity index (χ2v) is 4.30. The first-order chi connectivity index (χ1) is 7.99. The van der Waals surface area contributed by atoms with Crippen molar-refractivity contribution in [1.29, 1.82) is 0 Å². The molecule has 0 aromatic heterocycles. The van der Waals surface area contributed by atoms with E-state index < -0.39 is 35.7 Å². The van der Waals surface area contributed by atoms with Crippen molar-refractivity contribution in [1.82, 2.24) is 10.6 Å². The largest absolute Gasteiger partial charge is 0.481 e. The molecule has 7 nitrogen and oxygen atoms in total. The Kier molecular flexibility index (Phi) is 2.83. The zero-order valence-electron chi connectivity index (χ0n) is 8.93. The standard InChI is InChI=1S/C10H12N2O5/c13-7-2-1-6(9(15)12-7)11-8(14)4-3-5(4)10(16)17/h4-6H,1-3H2,(H,11,14)(H,16,17)(H,12,13,15). The van der Waals surface area contributed by atoms with Crippen molar-refractivity contribution in [3.8, 4) is 0 Å². The summed E-state index contributed by atoms with van der Waals surface area (Å²) in [5.41, 5.74) is 0. The molecule has 2 fully saturated rings. The molecule has 3 amide bonds. The Bertz CT molecular complexity index is 406. The highest BCUT2D eigenvalue weighted by Crippen LogP contribution is 2.38. The van der Waals surface area contributed by atoms with Crippen molar-refractivity contribution >= 4 is 23.7 Å². The Hall–Kier alpha value is -1.92. The lowest BCUT2D eigenvalue weighted by Gasteiger charge is -2.21. The van der Waals surface area contributed by atoms with Crippen LogP contribution in [-0.4, -0.2) is 34.8 Å². The monoisotopic (exact) mass is 240 g/mol. The van der Waals surface area contributed by atoms with Crippen LogP contribution in [-0.2, 0) is 19.2 Å². The van der Waals surface area contributed by atoms with Crippen LogP contribution in [0.1, 0.15) is 19.3 Å². The maximum Gasteiger partial charge on any atom is 0.307 e. The van der Waals surface area contributed by atoms with Gasteiger partial charge in [0.1, 0.15) is 6.04 Å². The summed E-state index contributed by atoms with van der Waals surface area (Å²) in [4.78, 5) is 44.4. The summed E-state index contributed by atoms with van der Waals surface area (Å²) in [7, 11) is 0. The lowest BCUT2D eigenvalue weighted by Crippen LogP contribution is -2.52. The van der Waals surface area contributed by atoms with Gasteiger partial charge in [-0.25, -0.2) is 0 Å². The van der Waals surface area contributed by atoms with Gasteiger partial charge in [0.05, 0.1) is 11.8 Å². The molecule has 92 valence electrons. The van der Waals surface area contributed by atoms with E-state index in [1.807, 2.05) is 0 Å². The van der Waals surface area contributed by atoms with Crippen LogP contribution < -0.4 is 10.6 Å². The number of carboxylic acid groups (broad SMARTS) is 1. The van der Waals surface area contributed by atoms with Gasteiger partial charge >= 0.3 is 5.97 Å². The van der Waals surface area contributed by atoms with Gasteiger partial charge in [-0.05, 0) is 12.8 Å². The summed E-state index contributed by atoms with van der Waals surface area (Å²) in [6.45, 7) is 0. The van der Waals surface area contributed by atoms with Crippen molar-refractivity contribution in [2.24, 2.45) is 11.8 Å². The average Bonchev–Trinajstić information content (AvgIpc) is 3.01. The molecule has 1 aliphatic carbocycles. The first-order valence-electron chi connectivity index (χ1n) is 5.36. The third-order valence-corrected chi connectivity index (χ3v) is 3.00. The molecule has 0 aromatic carbocycles. The molecule has 2 aliphatic rings. The third-order valence-electron chi connectivity index (χ3n) is 3.00. The van der Waals surface area contributed by atoms with Gasteiger partial charge in [-0.3, -0.25) is 24.5 Å². The number of piperidine rings is 1. The van der Waals surface area contributed by atoms with Crippen molar-refractivity contribution in [2.75, 3.05) is 0 Å². The van der Waals surface area contributed by atoms with Crippen LogP contribution in [0, 0.1) is 11.8 Å². The molecule has 2 rings (SSSR count). The van der Waals surface area contributed by atoms with E-state index in [1.165, 1.54) is 0 Å². The Balaban J connectivity index is 1.86. The molecule has 1 saturated heterocycles. The minimum Gasteiger partial charge on any atom is -0.481 e. The molecule has 0 aromatic rings. The summed E-state index contributed by atoms with van der Waals surface area (Å²) in [6, 6.07) is -0.727. The molecule has 3 unspecified atom stereocenters. The predicted octanol–water partition coefficient (Wildman–Crippen LogP) is -1.37. The highest BCUT2D eigenvalue weighted by molar-refractivity contribution is 6.02. The van der Waals surface area contributed by atoms with Crippen molar-refractivity contribution in [3.05, 3.63) is 0 Å². The van der Waals surface area contributed by atoms with Crippen LogP contribution in [0.4, 0.5) is 0 Å². The molecule has 1 saturated carbocycles. The topological polar surface area (TPSA) is 113 Å². The van der Waals surface area contributed by atoms with E-state index in [2.05, 4.69) is 10.6 Å². The molecule has 0 bridgehead atoms. The Morgan fingerprint density at radius 2 is 2.00 bits per heavy atom. The SMILES string of the molecule is O=C1CCC(NC(=O)C2CC2C(=O)O)C(=O)N1. The fraction of sp³-hybridized carbons (Fsp3) is 0.600. The van der Waals surface area contributed by atoms with Gasteiger partial charge in [0.25, 0.3) is 0 Å². The van der Waals surface area contributed by atoms with Crippen molar-refractivity contribution in [3.63, 3.8) is 0 Å². The number of amides is 3. The molecular weight excluding hydrogens is 228 g/mol. The van der Waals surface area contributed by atoms with Gasteiger partial charge in [0.15, 0.2) is 0 Å². The van der Waals surface area contributed by atoms with E-state index >= 15 is 0 Å². The summed E-state index contributed by atoms with van der Waals surface area (Å²) >= 11 is 0. The first-order valence-corrected chi connectivity index (χ1v) is 5.36. The van der Waals surface area contributed by atoms with Gasteiger partial charge in [-0.15, -0.1) is 0 Å². The summed E-state index contributed by atoms with van der Waals surface area (Å²) in [5, 5.41) is 13.2. The van der Waals surface area contributed by atoms with E-state index in [-0.39, 0.29) is 18.7 Å². The molecule has 17 heavy (non-hydrogen) atoms. The maximum absolute atomic E-state index is 11.6. The lowest BCUT2D eigenvalue weighted by molar-refractivity contribution is -0.140. The molecule has 1 heterocycles. The van der Waals surface area contributed by atoms with Gasteiger partial charge in [-0.2, -0.15) is 0 Å². The van der Waals surface area contributed by atoms with E-state index in [0.29, 0.717) is 6.42 Å². The van der Waals surface area contributed by atoms with Gasteiger partial charge < -0.3 is 10.4 Å². The number of carboxylic acids is 1.